The van der Waals surface area contributed by atoms with Crippen molar-refractivity contribution in [1.29, 1.82) is 0 Å². The monoisotopic (exact) mass is 381 g/mol. The minimum absolute atomic E-state index is 0.119. The number of aryl methyl sites for hydroxylation is 2. The molecule has 144 valence electrons. The van der Waals surface area contributed by atoms with E-state index in [9.17, 15) is 24.5 Å². The molecule has 1 atom stereocenters. The molecule has 28 heavy (non-hydrogen) atoms. The van der Waals surface area contributed by atoms with Gasteiger partial charge in [-0.3, -0.25) is 24.6 Å². The molecule has 0 aromatic heterocycles. The molecule has 1 N–H and O–H groups in total. The lowest BCUT2D eigenvalue weighted by molar-refractivity contribution is -0.384. The predicted molar refractivity (Wildman–Crippen MR) is 101 cm³/mol. The maximum atomic E-state index is 12.9. The molecule has 0 unspecified atom stereocenters. The number of carbonyl (C=O) groups excluding carboxylic acids is 3. The number of Topliss-reactive ketones (excluding diaryl/α,β-unsaturated/α-hetero) is 1. The summed E-state index contributed by atoms with van der Waals surface area (Å²) in [5.74, 6) is -0.918. The number of rotatable bonds is 5. The van der Waals surface area contributed by atoms with Gasteiger partial charge in [0.1, 0.15) is 5.54 Å². The molecular weight excluding hydrogens is 362 g/mol. The highest BCUT2D eigenvalue weighted by atomic mass is 16.6. The maximum absolute atomic E-state index is 12.9. The van der Waals surface area contributed by atoms with Gasteiger partial charge in [-0.25, -0.2) is 4.79 Å². The fourth-order valence-corrected chi connectivity index (χ4v) is 3.31. The average Bonchev–Trinajstić information content (AvgIpc) is 2.85. The van der Waals surface area contributed by atoms with Gasteiger partial charge >= 0.3 is 6.03 Å². The van der Waals surface area contributed by atoms with Crippen LogP contribution in [0.3, 0.4) is 0 Å². The predicted octanol–water partition coefficient (Wildman–Crippen LogP) is 2.86. The summed E-state index contributed by atoms with van der Waals surface area (Å²) in [6, 6.07) is 10.0. The first-order chi connectivity index (χ1) is 13.1. The zero-order chi connectivity index (χ0) is 20.6. The molecule has 1 saturated heterocycles. The lowest BCUT2D eigenvalue weighted by atomic mass is 9.92. The number of nitrogens with one attached hydrogen (secondary N) is 1. The maximum Gasteiger partial charge on any atom is 0.325 e. The fourth-order valence-electron chi connectivity index (χ4n) is 3.31. The minimum atomic E-state index is -1.39. The Bertz CT molecular complexity index is 999. The molecule has 1 aliphatic heterocycles. The lowest BCUT2D eigenvalue weighted by Crippen LogP contribution is -2.41. The largest absolute Gasteiger partial charge is 0.325 e. The zero-order valence-electron chi connectivity index (χ0n) is 15.7. The number of imide groups is 1. The Morgan fingerprint density at radius 3 is 2.36 bits per heavy atom. The lowest BCUT2D eigenvalue weighted by Gasteiger charge is -2.22. The molecule has 0 radical (unpaired) electrons. The van der Waals surface area contributed by atoms with Crippen LogP contribution in [0.1, 0.15) is 34.0 Å². The van der Waals surface area contributed by atoms with Gasteiger partial charge < -0.3 is 5.32 Å². The number of nitro groups is 1. The first-order valence-corrected chi connectivity index (χ1v) is 8.63. The quantitative estimate of drug-likeness (QED) is 0.371. The van der Waals surface area contributed by atoms with E-state index in [2.05, 4.69) is 5.32 Å². The zero-order valence-corrected chi connectivity index (χ0v) is 15.7. The highest BCUT2D eigenvalue weighted by Gasteiger charge is 2.49. The average molecular weight is 381 g/mol. The van der Waals surface area contributed by atoms with Gasteiger partial charge in [0.05, 0.1) is 11.5 Å². The fraction of sp³-hybridized carbons (Fsp3) is 0.250. The van der Waals surface area contributed by atoms with Crippen molar-refractivity contribution in [2.45, 2.75) is 26.3 Å². The summed E-state index contributed by atoms with van der Waals surface area (Å²) in [5.41, 5.74) is 1.12. The van der Waals surface area contributed by atoms with Crippen LogP contribution in [0.15, 0.2) is 42.5 Å². The van der Waals surface area contributed by atoms with Crippen LogP contribution in [0.25, 0.3) is 0 Å². The number of nitro benzene ring substituents is 1. The summed E-state index contributed by atoms with van der Waals surface area (Å²) in [5, 5.41) is 13.4. The molecule has 1 aliphatic rings. The Hall–Kier alpha value is -3.55. The number of carbonyl (C=O) groups is 3. The summed E-state index contributed by atoms with van der Waals surface area (Å²) in [7, 11) is 0. The van der Waals surface area contributed by atoms with Crippen LogP contribution in [-0.4, -0.2) is 34.1 Å². The Morgan fingerprint density at radius 1 is 1.14 bits per heavy atom. The molecule has 8 nitrogen and oxygen atoms in total. The van der Waals surface area contributed by atoms with Gasteiger partial charge in [-0.2, -0.15) is 0 Å². The second-order valence-corrected chi connectivity index (χ2v) is 6.99. The van der Waals surface area contributed by atoms with Crippen molar-refractivity contribution in [3.63, 3.8) is 0 Å². The number of amides is 3. The van der Waals surface area contributed by atoms with Crippen LogP contribution in [0.5, 0.6) is 0 Å². The summed E-state index contributed by atoms with van der Waals surface area (Å²) < 4.78 is 0. The van der Waals surface area contributed by atoms with E-state index in [1.807, 2.05) is 13.0 Å². The normalized spacial score (nSPS) is 18.9. The SMILES string of the molecule is Cc1ccc(C(=O)CN2C(=O)N[C@@](C)(c3ccc([N+](=O)[O-])cc3)C2=O)c(C)c1. The van der Waals surface area contributed by atoms with Crippen LogP contribution in [0, 0.1) is 24.0 Å². The molecule has 3 rings (SSSR count). The molecule has 2 aromatic rings. The van der Waals surface area contributed by atoms with E-state index in [1.54, 1.807) is 19.1 Å². The third-order valence-electron chi connectivity index (χ3n) is 4.91. The number of non-ortho nitro benzene ring substituents is 1. The van der Waals surface area contributed by atoms with Crippen molar-refractivity contribution in [2.75, 3.05) is 6.54 Å². The topological polar surface area (TPSA) is 110 Å². The standard InChI is InChI=1S/C20H19N3O5/c1-12-4-9-16(13(2)10-12)17(24)11-22-18(25)20(3,21-19(22)26)14-5-7-15(8-6-14)23(27)28/h4-10H,11H2,1-3H3,(H,21,26)/t20-/m0/s1. The van der Waals surface area contributed by atoms with Gasteiger partial charge in [-0.1, -0.05) is 23.8 Å². The van der Waals surface area contributed by atoms with E-state index < -0.39 is 22.4 Å². The van der Waals surface area contributed by atoms with Crippen molar-refractivity contribution < 1.29 is 19.3 Å². The first kappa shape index (κ1) is 19.2. The molecule has 0 spiro atoms. The van der Waals surface area contributed by atoms with Crippen molar-refractivity contribution in [2.24, 2.45) is 0 Å². The number of nitrogens with zero attached hydrogens (tertiary/aromatic N) is 2. The summed E-state index contributed by atoms with van der Waals surface area (Å²) in [6.45, 7) is 4.84. The van der Waals surface area contributed by atoms with E-state index in [0.717, 1.165) is 16.0 Å². The minimum Gasteiger partial charge on any atom is -0.319 e. The molecule has 1 heterocycles. The van der Waals surface area contributed by atoms with E-state index in [-0.39, 0.29) is 18.0 Å². The number of ketones is 1. The number of hydrogen-bond acceptors (Lipinski definition) is 5. The van der Waals surface area contributed by atoms with Crippen molar-refractivity contribution in [3.8, 4) is 0 Å². The van der Waals surface area contributed by atoms with Crippen LogP contribution in [0.4, 0.5) is 10.5 Å². The van der Waals surface area contributed by atoms with Crippen molar-refractivity contribution in [1.82, 2.24) is 10.2 Å². The Kier molecular flexibility index (Phi) is 4.72. The third kappa shape index (κ3) is 3.24. The van der Waals surface area contributed by atoms with Crippen LogP contribution >= 0.6 is 0 Å². The first-order valence-electron chi connectivity index (χ1n) is 8.63. The van der Waals surface area contributed by atoms with Gasteiger partial charge in [-0.05, 0) is 44.0 Å². The molecule has 0 bridgehead atoms. The van der Waals surface area contributed by atoms with Gasteiger partial charge in [0.25, 0.3) is 11.6 Å². The number of hydrogen-bond donors (Lipinski definition) is 1. The third-order valence-corrected chi connectivity index (χ3v) is 4.91. The van der Waals surface area contributed by atoms with E-state index in [0.29, 0.717) is 11.1 Å². The second-order valence-electron chi connectivity index (χ2n) is 6.99. The molecule has 2 aromatic carbocycles. The van der Waals surface area contributed by atoms with Gasteiger partial charge in [0.15, 0.2) is 5.78 Å². The highest BCUT2D eigenvalue weighted by molar-refractivity contribution is 6.11. The van der Waals surface area contributed by atoms with Crippen LogP contribution < -0.4 is 5.32 Å². The number of urea groups is 1. The van der Waals surface area contributed by atoms with Crippen molar-refractivity contribution in [3.05, 3.63) is 74.8 Å². The Balaban J connectivity index is 1.84. The summed E-state index contributed by atoms with van der Waals surface area (Å²) in [6.07, 6.45) is 0. The van der Waals surface area contributed by atoms with Gasteiger partial charge in [0.2, 0.25) is 0 Å². The van der Waals surface area contributed by atoms with Crippen molar-refractivity contribution >= 4 is 23.4 Å². The highest BCUT2D eigenvalue weighted by Crippen LogP contribution is 2.30. The summed E-state index contributed by atoms with van der Waals surface area (Å²) >= 11 is 0. The molecule has 8 heteroatoms. The van der Waals surface area contributed by atoms with E-state index in [4.69, 9.17) is 0 Å². The molecule has 0 saturated carbocycles. The molecule has 3 amide bonds. The Labute approximate surface area is 161 Å². The van der Waals surface area contributed by atoms with E-state index >= 15 is 0 Å². The van der Waals surface area contributed by atoms with Crippen LogP contribution in [0.2, 0.25) is 0 Å². The smallest absolute Gasteiger partial charge is 0.319 e. The van der Waals surface area contributed by atoms with Gasteiger partial charge in [0, 0.05) is 17.7 Å². The molecular formula is C20H19N3O5. The molecule has 1 fully saturated rings. The van der Waals surface area contributed by atoms with Crippen LogP contribution in [-0.2, 0) is 10.3 Å². The summed E-state index contributed by atoms with van der Waals surface area (Å²) in [4.78, 5) is 49.1. The Morgan fingerprint density at radius 2 is 1.79 bits per heavy atom. The number of benzene rings is 2. The second kappa shape index (κ2) is 6.88. The van der Waals surface area contributed by atoms with E-state index in [1.165, 1.54) is 31.2 Å². The molecule has 0 aliphatic carbocycles. The van der Waals surface area contributed by atoms with Gasteiger partial charge in [-0.15, -0.1) is 0 Å².